The third-order valence-electron chi connectivity index (χ3n) is 7.17. The Morgan fingerprint density at radius 1 is 0.342 bits per heavy atom. The Hall–Kier alpha value is -4.95. The van der Waals surface area contributed by atoms with Gasteiger partial charge >= 0.3 is 0 Å². The maximum Gasteiger partial charge on any atom is 0.135 e. The van der Waals surface area contributed by atoms with Gasteiger partial charge in [0, 0.05) is 10.8 Å². The fraction of sp³-hybridized carbons (Fsp3) is 0. The largest absolute Gasteiger partial charge is 0.456 e. The highest BCUT2D eigenvalue weighted by Crippen LogP contribution is 2.34. The summed E-state index contributed by atoms with van der Waals surface area (Å²) >= 11 is 0. The summed E-state index contributed by atoms with van der Waals surface area (Å²) in [6, 6.07) is 46.8. The molecule has 2 heteroatoms. The smallest absolute Gasteiger partial charge is 0.135 e. The number of hydrogen-bond donors (Lipinski definition) is 0. The third-order valence-corrected chi connectivity index (χ3v) is 7.17. The van der Waals surface area contributed by atoms with Crippen LogP contribution in [0.2, 0.25) is 0 Å². The summed E-state index contributed by atoms with van der Waals surface area (Å²) in [7, 11) is 0. The lowest BCUT2D eigenvalue weighted by molar-refractivity contribution is 0.628. The van der Waals surface area contributed by atoms with E-state index in [4.69, 9.17) is 4.42 Å². The van der Waals surface area contributed by atoms with Crippen molar-refractivity contribution in [2.75, 3.05) is 0 Å². The molecule has 0 amide bonds. The van der Waals surface area contributed by atoms with Crippen molar-refractivity contribution in [3.63, 3.8) is 0 Å². The van der Waals surface area contributed by atoms with Crippen LogP contribution in [0.5, 0.6) is 0 Å². The van der Waals surface area contributed by atoms with Crippen LogP contribution in [0.1, 0.15) is 0 Å². The summed E-state index contributed by atoms with van der Waals surface area (Å²) in [4.78, 5) is 0. The van der Waals surface area contributed by atoms with E-state index in [1.54, 1.807) is 12.1 Å². The molecule has 7 rings (SSSR count). The molecule has 0 radical (unpaired) electrons. The number of fused-ring (bicyclic) bond motifs is 3. The zero-order valence-corrected chi connectivity index (χ0v) is 20.6. The van der Waals surface area contributed by atoms with Crippen LogP contribution in [-0.4, -0.2) is 0 Å². The van der Waals surface area contributed by atoms with Crippen LogP contribution in [0.4, 0.5) is 4.39 Å². The van der Waals surface area contributed by atoms with Gasteiger partial charge in [-0.1, -0.05) is 103 Å². The van der Waals surface area contributed by atoms with Gasteiger partial charge < -0.3 is 4.42 Å². The van der Waals surface area contributed by atoms with Crippen molar-refractivity contribution in [1.82, 2.24) is 0 Å². The summed E-state index contributed by atoms with van der Waals surface area (Å²) < 4.78 is 19.6. The molecular weight excluding hydrogens is 467 g/mol. The molecule has 1 aromatic heterocycles. The molecule has 0 aliphatic heterocycles. The average molecular weight is 491 g/mol. The van der Waals surface area contributed by atoms with E-state index in [2.05, 4.69) is 84.9 Å². The Bertz CT molecular complexity index is 1910. The number of halogens is 1. The summed E-state index contributed by atoms with van der Waals surface area (Å²) in [5, 5.41) is 2.28. The Kier molecular flexibility index (Phi) is 5.37. The average Bonchev–Trinajstić information content (AvgIpc) is 3.35. The second-order valence-corrected chi connectivity index (χ2v) is 9.56. The molecule has 0 atom stereocenters. The number of para-hydroxylation sites is 1. The minimum atomic E-state index is -0.221. The lowest BCUT2D eigenvalue weighted by atomic mass is 9.96. The van der Waals surface area contributed by atoms with Crippen molar-refractivity contribution >= 4 is 21.9 Å². The maximum absolute atomic E-state index is 13.6. The molecule has 1 heterocycles. The van der Waals surface area contributed by atoms with E-state index in [-0.39, 0.29) is 5.82 Å². The Labute approximate surface area is 220 Å². The zero-order chi connectivity index (χ0) is 25.5. The first-order valence-electron chi connectivity index (χ1n) is 12.7. The van der Waals surface area contributed by atoms with Crippen LogP contribution in [0.3, 0.4) is 0 Å². The molecule has 38 heavy (non-hydrogen) atoms. The van der Waals surface area contributed by atoms with Gasteiger partial charge in [0.25, 0.3) is 0 Å². The van der Waals surface area contributed by atoms with Crippen molar-refractivity contribution in [1.29, 1.82) is 0 Å². The molecule has 0 aliphatic carbocycles. The number of hydrogen-bond acceptors (Lipinski definition) is 1. The molecule has 0 spiro atoms. The molecule has 0 saturated carbocycles. The molecule has 0 fully saturated rings. The molecule has 7 aromatic rings. The number of furan rings is 1. The van der Waals surface area contributed by atoms with E-state index < -0.39 is 0 Å². The van der Waals surface area contributed by atoms with Crippen LogP contribution >= 0.6 is 0 Å². The second kappa shape index (κ2) is 9.17. The molecule has 180 valence electrons. The van der Waals surface area contributed by atoms with Crippen molar-refractivity contribution in [2.24, 2.45) is 0 Å². The first kappa shape index (κ1) is 22.3. The molecule has 0 saturated heterocycles. The first-order chi connectivity index (χ1) is 18.7. The van der Waals surface area contributed by atoms with Crippen molar-refractivity contribution in [3.05, 3.63) is 145 Å². The molecule has 0 unspecified atom stereocenters. The SMILES string of the molecule is Fc1cccc(-c2ccc(-c3cccc(-c4ccc(-c5ccc6oc7ccccc7c6c5)cc4)c3)cc2)c1. The summed E-state index contributed by atoms with van der Waals surface area (Å²) in [6.07, 6.45) is 0. The van der Waals surface area contributed by atoms with E-state index in [0.29, 0.717) is 0 Å². The third kappa shape index (κ3) is 4.07. The predicted molar refractivity (Wildman–Crippen MR) is 155 cm³/mol. The molecular formula is C36H23FO. The Balaban J connectivity index is 1.17. The van der Waals surface area contributed by atoms with Gasteiger partial charge in [-0.2, -0.15) is 0 Å². The number of rotatable bonds is 4. The first-order valence-corrected chi connectivity index (χ1v) is 12.7. The van der Waals surface area contributed by atoms with Crippen LogP contribution in [0.15, 0.2) is 144 Å². The van der Waals surface area contributed by atoms with Gasteiger partial charge in [0.15, 0.2) is 0 Å². The topological polar surface area (TPSA) is 13.1 Å². The summed E-state index contributed by atoms with van der Waals surface area (Å²) in [5.74, 6) is -0.221. The lowest BCUT2D eigenvalue weighted by Crippen LogP contribution is -1.84. The molecule has 0 aliphatic rings. The Morgan fingerprint density at radius 3 is 1.42 bits per heavy atom. The normalized spacial score (nSPS) is 11.3. The quantitative estimate of drug-likeness (QED) is 0.239. The van der Waals surface area contributed by atoms with Gasteiger partial charge in [0.05, 0.1) is 0 Å². The minimum absolute atomic E-state index is 0.221. The van der Waals surface area contributed by atoms with E-state index in [0.717, 1.165) is 44.2 Å². The van der Waals surface area contributed by atoms with Crippen molar-refractivity contribution in [3.8, 4) is 44.5 Å². The van der Waals surface area contributed by atoms with Gasteiger partial charge in [-0.25, -0.2) is 4.39 Å². The number of benzene rings is 6. The van der Waals surface area contributed by atoms with Crippen LogP contribution in [0, 0.1) is 5.82 Å². The van der Waals surface area contributed by atoms with Gasteiger partial charge in [-0.3, -0.25) is 0 Å². The minimum Gasteiger partial charge on any atom is -0.456 e. The second-order valence-electron chi connectivity index (χ2n) is 9.56. The Morgan fingerprint density at radius 2 is 0.816 bits per heavy atom. The van der Waals surface area contributed by atoms with Crippen molar-refractivity contribution in [2.45, 2.75) is 0 Å². The van der Waals surface area contributed by atoms with E-state index in [9.17, 15) is 4.39 Å². The van der Waals surface area contributed by atoms with Crippen molar-refractivity contribution < 1.29 is 8.81 Å². The van der Waals surface area contributed by atoms with E-state index >= 15 is 0 Å². The fourth-order valence-corrected chi connectivity index (χ4v) is 5.16. The van der Waals surface area contributed by atoms with Gasteiger partial charge in [-0.15, -0.1) is 0 Å². The highest BCUT2D eigenvalue weighted by molar-refractivity contribution is 6.06. The molecule has 0 N–H and O–H groups in total. The summed E-state index contributed by atoms with van der Waals surface area (Å²) in [5.41, 5.74) is 10.7. The highest BCUT2D eigenvalue weighted by Gasteiger charge is 2.09. The predicted octanol–water partition coefficient (Wildman–Crippen LogP) is 10.4. The lowest BCUT2D eigenvalue weighted by Gasteiger charge is -2.09. The standard InChI is InChI=1S/C36H23FO/c37-32-8-4-7-30(22-32)26-15-11-24(12-16-26)28-5-3-6-29(21-28)25-13-17-27(18-14-25)31-19-20-36-34(23-31)33-9-1-2-10-35(33)38-36/h1-23H. The van der Waals surface area contributed by atoms with Crippen LogP contribution in [-0.2, 0) is 0 Å². The van der Waals surface area contributed by atoms with Crippen LogP contribution < -0.4 is 0 Å². The van der Waals surface area contributed by atoms with E-state index in [1.165, 1.54) is 28.3 Å². The summed E-state index contributed by atoms with van der Waals surface area (Å²) in [6.45, 7) is 0. The van der Waals surface area contributed by atoms with Gasteiger partial charge in [0.1, 0.15) is 17.0 Å². The van der Waals surface area contributed by atoms with E-state index in [1.807, 2.05) is 36.4 Å². The maximum atomic E-state index is 13.6. The van der Waals surface area contributed by atoms with Gasteiger partial charge in [-0.05, 0) is 80.9 Å². The van der Waals surface area contributed by atoms with Crippen LogP contribution in [0.25, 0.3) is 66.4 Å². The zero-order valence-electron chi connectivity index (χ0n) is 20.6. The molecule has 1 nitrogen and oxygen atoms in total. The fourth-order valence-electron chi connectivity index (χ4n) is 5.16. The molecule has 0 bridgehead atoms. The monoisotopic (exact) mass is 490 g/mol. The van der Waals surface area contributed by atoms with Gasteiger partial charge in [0.2, 0.25) is 0 Å². The molecule has 6 aromatic carbocycles. The highest BCUT2D eigenvalue weighted by atomic mass is 19.1.